The molecular formula is C23H18Br2ClFN2O3. The third kappa shape index (κ3) is 3.33. The van der Waals surface area contributed by atoms with Crippen molar-refractivity contribution in [2.24, 2.45) is 23.7 Å². The van der Waals surface area contributed by atoms with E-state index in [1.807, 2.05) is 0 Å². The molecule has 0 spiro atoms. The molecule has 1 aliphatic heterocycles. The second kappa shape index (κ2) is 8.22. The fourth-order valence-electron chi connectivity index (χ4n) is 5.33. The molecule has 3 amide bonds. The maximum Gasteiger partial charge on any atom is 0.273 e. The summed E-state index contributed by atoms with van der Waals surface area (Å²) in [6, 6.07) is 12.2. The minimum Gasteiger partial charge on any atom is -0.272 e. The van der Waals surface area contributed by atoms with E-state index in [1.54, 1.807) is 24.3 Å². The van der Waals surface area contributed by atoms with Crippen molar-refractivity contribution in [1.29, 1.82) is 0 Å². The number of benzene rings is 2. The van der Waals surface area contributed by atoms with E-state index >= 15 is 0 Å². The van der Waals surface area contributed by atoms with Crippen LogP contribution in [0, 0.1) is 29.5 Å². The average molecular weight is 585 g/mol. The number of amides is 3. The standard InChI is InChI=1S/C23H18Br2ClFN2O3/c24-19-14-9-15(20(19)25)18-17(14)22(31)29(23(18)32)28(10-12-3-1-2-4-16(12)27)21(30)11-5-7-13(26)8-6-11/h1-8,14-15,17-20H,9-10H2/t14-,15-,17-,18-,19+,20+/m1/s1. The van der Waals surface area contributed by atoms with E-state index in [4.69, 9.17) is 11.6 Å². The van der Waals surface area contributed by atoms with Crippen LogP contribution in [0.5, 0.6) is 0 Å². The zero-order valence-corrected chi connectivity index (χ0v) is 20.6. The predicted molar refractivity (Wildman–Crippen MR) is 124 cm³/mol. The van der Waals surface area contributed by atoms with Crippen LogP contribution < -0.4 is 0 Å². The number of alkyl halides is 2. The molecular weight excluding hydrogens is 567 g/mol. The summed E-state index contributed by atoms with van der Waals surface area (Å²) in [5, 5.41) is 2.49. The van der Waals surface area contributed by atoms with Gasteiger partial charge >= 0.3 is 0 Å². The minimum atomic E-state index is -0.565. The summed E-state index contributed by atoms with van der Waals surface area (Å²) in [6.07, 6.45) is 0.783. The molecule has 2 aromatic rings. The largest absolute Gasteiger partial charge is 0.273 e. The Morgan fingerprint density at radius 2 is 1.56 bits per heavy atom. The highest BCUT2D eigenvalue weighted by Gasteiger charge is 2.67. The molecule has 2 saturated carbocycles. The Bertz CT molecular complexity index is 1080. The average Bonchev–Trinajstić information content (AvgIpc) is 3.39. The van der Waals surface area contributed by atoms with Crippen molar-refractivity contribution in [2.45, 2.75) is 22.6 Å². The van der Waals surface area contributed by atoms with Gasteiger partial charge in [0.15, 0.2) is 0 Å². The van der Waals surface area contributed by atoms with Gasteiger partial charge in [0.2, 0.25) is 0 Å². The third-order valence-corrected chi connectivity index (χ3v) is 10.3. The Labute approximate surface area is 206 Å². The van der Waals surface area contributed by atoms with Gasteiger partial charge in [-0.1, -0.05) is 61.7 Å². The summed E-state index contributed by atoms with van der Waals surface area (Å²) in [5.41, 5.74) is 0.468. The van der Waals surface area contributed by atoms with Gasteiger partial charge in [-0.15, -0.1) is 0 Å². The van der Waals surface area contributed by atoms with Gasteiger partial charge in [-0.2, -0.15) is 5.01 Å². The Hall–Kier alpha value is -1.77. The van der Waals surface area contributed by atoms with Crippen molar-refractivity contribution in [3.8, 4) is 0 Å². The fourth-order valence-corrected chi connectivity index (χ4v) is 7.33. The minimum absolute atomic E-state index is 0.0109. The van der Waals surface area contributed by atoms with Crippen LogP contribution in [0.1, 0.15) is 22.3 Å². The maximum atomic E-state index is 14.5. The van der Waals surface area contributed by atoms with Crippen molar-refractivity contribution < 1.29 is 18.8 Å². The SMILES string of the molecule is O=C(c1ccc(Cl)cc1)N(Cc1ccccc1F)N1C(=O)[C@@H]2[C@H]3C[C@@H]([C@H](Br)[C@H]3Br)[C@H]2C1=O. The Morgan fingerprint density at radius 1 is 1.00 bits per heavy atom. The normalized spacial score (nSPS) is 30.7. The van der Waals surface area contributed by atoms with Crippen molar-refractivity contribution >= 4 is 61.2 Å². The molecule has 9 heteroatoms. The smallest absolute Gasteiger partial charge is 0.272 e. The Morgan fingerprint density at radius 3 is 2.12 bits per heavy atom. The Balaban J connectivity index is 1.54. The van der Waals surface area contributed by atoms with Gasteiger partial charge < -0.3 is 0 Å². The van der Waals surface area contributed by atoms with Crippen molar-refractivity contribution in [3.05, 3.63) is 70.5 Å². The van der Waals surface area contributed by atoms with Crippen molar-refractivity contribution in [3.63, 3.8) is 0 Å². The van der Waals surface area contributed by atoms with Crippen LogP contribution in [-0.4, -0.2) is 37.4 Å². The van der Waals surface area contributed by atoms with Crippen LogP contribution in [0.3, 0.4) is 0 Å². The number of nitrogens with zero attached hydrogens (tertiary/aromatic N) is 2. The van der Waals surface area contributed by atoms with Crippen LogP contribution in [0.15, 0.2) is 48.5 Å². The molecule has 1 heterocycles. The number of imide groups is 1. The lowest BCUT2D eigenvalue weighted by Crippen LogP contribution is -2.50. The van der Waals surface area contributed by atoms with E-state index in [9.17, 15) is 18.8 Å². The quantitative estimate of drug-likeness (QED) is 0.383. The molecule has 1 saturated heterocycles. The third-order valence-electron chi connectivity index (χ3n) is 6.81. The van der Waals surface area contributed by atoms with E-state index in [2.05, 4.69) is 31.9 Å². The number of carbonyl (C=O) groups is 3. The molecule has 0 N–H and O–H groups in total. The van der Waals surface area contributed by atoms with E-state index < -0.39 is 35.4 Å². The summed E-state index contributed by atoms with van der Waals surface area (Å²) >= 11 is 13.3. The topological polar surface area (TPSA) is 57.7 Å². The second-order valence-corrected chi connectivity index (χ2v) is 11.0. The van der Waals surface area contributed by atoms with E-state index in [1.165, 1.54) is 24.3 Å². The summed E-state index contributed by atoms with van der Waals surface area (Å²) in [7, 11) is 0. The van der Waals surface area contributed by atoms with Gasteiger partial charge in [-0.3, -0.25) is 14.4 Å². The van der Waals surface area contributed by atoms with E-state index in [-0.39, 0.29) is 39.2 Å². The number of hydrogen-bond donors (Lipinski definition) is 0. The lowest BCUT2D eigenvalue weighted by Gasteiger charge is -2.31. The summed E-state index contributed by atoms with van der Waals surface area (Å²) in [5.74, 6) is -2.80. The number of carbonyl (C=O) groups excluding carboxylic acids is 3. The predicted octanol–water partition coefficient (Wildman–Crippen LogP) is 4.81. The highest BCUT2D eigenvalue weighted by atomic mass is 79.9. The first-order valence-electron chi connectivity index (χ1n) is 10.3. The molecule has 5 rings (SSSR count). The van der Waals surface area contributed by atoms with Crippen LogP contribution in [-0.2, 0) is 16.1 Å². The Kier molecular flexibility index (Phi) is 5.66. The van der Waals surface area contributed by atoms with Crippen LogP contribution >= 0.6 is 43.5 Å². The van der Waals surface area contributed by atoms with Crippen LogP contribution in [0.2, 0.25) is 5.02 Å². The lowest BCUT2D eigenvalue weighted by atomic mass is 9.81. The molecule has 6 atom stereocenters. The van der Waals surface area contributed by atoms with E-state index in [0.717, 1.165) is 16.4 Å². The fraction of sp³-hybridized carbons (Fsp3) is 0.348. The van der Waals surface area contributed by atoms with Gasteiger partial charge in [0.1, 0.15) is 5.82 Å². The van der Waals surface area contributed by atoms with Gasteiger partial charge in [-0.05, 0) is 48.6 Å². The van der Waals surface area contributed by atoms with Crippen molar-refractivity contribution in [1.82, 2.24) is 10.0 Å². The molecule has 2 aliphatic carbocycles. The number of fused-ring (bicyclic) bond motifs is 5. The van der Waals surface area contributed by atoms with Gasteiger partial charge in [0, 0.05) is 25.8 Å². The van der Waals surface area contributed by atoms with Gasteiger partial charge in [0.25, 0.3) is 17.7 Å². The van der Waals surface area contributed by atoms with Crippen molar-refractivity contribution in [2.75, 3.05) is 0 Å². The molecule has 3 fully saturated rings. The zero-order valence-electron chi connectivity index (χ0n) is 16.6. The molecule has 3 aliphatic rings. The first-order valence-corrected chi connectivity index (χ1v) is 12.5. The molecule has 2 aromatic carbocycles. The first-order chi connectivity index (χ1) is 15.3. The number of rotatable bonds is 4. The molecule has 166 valence electrons. The van der Waals surface area contributed by atoms with E-state index in [0.29, 0.717) is 5.02 Å². The summed E-state index contributed by atoms with van der Waals surface area (Å²) < 4.78 is 14.5. The molecule has 0 radical (unpaired) electrons. The molecule has 32 heavy (non-hydrogen) atoms. The molecule has 5 nitrogen and oxygen atoms in total. The molecule has 0 unspecified atom stereocenters. The molecule has 0 aromatic heterocycles. The van der Waals surface area contributed by atoms with Gasteiger partial charge in [-0.25, -0.2) is 9.40 Å². The monoisotopic (exact) mass is 582 g/mol. The first kappa shape index (κ1) is 22.0. The molecule has 2 bridgehead atoms. The highest BCUT2D eigenvalue weighted by Crippen LogP contribution is 2.60. The van der Waals surface area contributed by atoms with Crippen LogP contribution in [0.25, 0.3) is 0 Å². The summed E-state index contributed by atoms with van der Waals surface area (Å²) in [6.45, 7) is -0.240. The zero-order chi connectivity index (χ0) is 22.7. The van der Waals surface area contributed by atoms with Crippen LogP contribution in [0.4, 0.5) is 4.39 Å². The lowest BCUT2D eigenvalue weighted by molar-refractivity contribution is -0.156. The maximum absolute atomic E-state index is 14.5. The summed E-state index contributed by atoms with van der Waals surface area (Å²) in [4.78, 5) is 40.6. The second-order valence-electron chi connectivity index (χ2n) is 8.45. The highest BCUT2D eigenvalue weighted by molar-refractivity contribution is 9.12. The number of hydrogen-bond acceptors (Lipinski definition) is 3. The number of halogens is 4. The number of hydrazine groups is 1. The van der Waals surface area contributed by atoms with Gasteiger partial charge in [0.05, 0.1) is 18.4 Å².